The van der Waals surface area contributed by atoms with Crippen molar-refractivity contribution in [1.29, 1.82) is 0 Å². The summed E-state index contributed by atoms with van der Waals surface area (Å²) in [5.41, 5.74) is 5.40. The van der Waals surface area contributed by atoms with Crippen molar-refractivity contribution in [2.24, 2.45) is 5.10 Å². The fourth-order valence-corrected chi connectivity index (χ4v) is 1.61. The number of hydrogen-bond acceptors (Lipinski definition) is 4. The second-order valence-electron chi connectivity index (χ2n) is 4.30. The van der Waals surface area contributed by atoms with Gasteiger partial charge < -0.3 is 5.32 Å². The Morgan fingerprint density at radius 2 is 2.10 bits per heavy atom. The van der Waals surface area contributed by atoms with Crippen LogP contribution >= 0.6 is 0 Å². The highest BCUT2D eigenvalue weighted by atomic mass is 16.2. The third kappa shape index (κ3) is 4.53. The number of benzene rings is 1. The molecular weight excluding hydrogens is 252 g/mol. The van der Waals surface area contributed by atoms with Gasteiger partial charge in [0.15, 0.2) is 0 Å². The highest BCUT2D eigenvalue weighted by Crippen LogP contribution is 2.08. The van der Waals surface area contributed by atoms with Crippen LogP contribution in [0.15, 0.2) is 53.9 Å². The third-order valence-electron chi connectivity index (χ3n) is 2.58. The summed E-state index contributed by atoms with van der Waals surface area (Å²) < 4.78 is 0. The lowest BCUT2D eigenvalue weighted by Crippen LogP contribution is -2.25. The molecule has 1 aromatic carbocycles. The molecule has 102 valence electrons. The van der Waals surface area contributed by atoms with Gasteiger partial charge in [0, 0.05) is 18.1 Å². The Hall–Kier alpha value is -2.69. The molecule has 5 heteroatoms. The fourth-order valence-electron chi connectivity index (χ4n) is 1.61. The first-order valence-electron chi connectivity index (χ1n) is 6.26. The van der Waals surface area contributed by atoms with Crippen LogP contribution in [0.5, 0.6) is 0 Å². The number of rotatable bonds is 5. The summed E-state index contributed by atoms with van der Waals surface area (Å²) in [6, 6.07) is 11.5. The van der Waals surface area contributed by atoms with Crippen LogP contribution in [0.1, 0.15) is 11.1 Å². The third-order valence-corrected chi connectivity index (χ3v) is 2.58. The van der Waals surface area contributed by atoms with Crippen molar-refractivity contribution in [3.05, 3.63) is 59.9 Å². The van der Waals surface area contributed by atoms with E-state index in [9.17, 15) is 4.79 Å². The van der Waals surface area contributed by atoms with Crippen LogP contribution in [0, 0.1) is 6.92 Å². The van der Waals surface area contributed by atoms with Gasteiger partial charge in [-0.3, -0.25) is 9.78 Å². The zero-order valence-electron chi connectivity index (χ0n) is 11.2. The number of hydrogen-bond donors (Lipinski definition) is 2. The minimum Gasteiger partial charge on any atom is -0.376 e. The van der Waals surface area contributed by atoms with Gasteiger partial charge in [-0.1, -0.05) is 12.1 Å². The van der Waals surface area contributed by atoms with E-state index < -0.39 is 0 Å². The molecule has 0 unspecified atom stereocenters. The SMILES string of the molecule is Cc1cccc(NCC(=O)N/N=C\c2ccncc2)c1. The lowest BCUT2D eigenvalue weighted by molar-refractivity contribution is -0.119. The Bertz CT molecular complexity index is 596. The number of nitrogens with zero attached hydrogens (tertiary/aromatic N) is 2. The topological polar surface area (TPSA) is 66.4 Å². The van der Waals surface area contributed by atoms with Gasteiger partial charge >= 0.3 is 0 Å². The van der Waals surface area contributed by atoms with Crippen molar-refractivity contribution in [1.82, 2.24) is 10.4 Å². The summed E-state index contributed by atoms with van der Waals surface area (Å²) in [6.45, 7) is 2.18. The largest absolute Gasteiger partial charge is 0.376 e. The number of nitrogens with one attached hydrogen (secondary N) is 2. The van der Waals surface area contributed by atoms with Crippen molar-refractivity contribution in [2.45, 2.75) is 6.92 Å². The van der Waals surface area contributed by atoms with Crippen molar-refractivity contribution in [3.8, 4) is 0 Å². The van der Waals surface area contributed by atoms with Crippen LogP contribution in [0.4, 0.5) is 5.69 Å². The standard InChI is InChI=1S/C15H16N4O/c1-12-3-2-4-14(9-12)17-11-15(20)19-18-10-13-5-7-16-8-6-13/h2-10,17H,11H2,1H3,(H,19,20)/b18-10-. The van der Waals surface area contributed by atoms with Gasteiger partial charge in [-0.15, -0.1) is 0 Å². The molecule has 0 atom stereocenters. The van der Waals surface area contributed by atoms with Crippen molar-refractivity contribution < 1.29 is 4.79 Å². The van der Waals surface area contributed by atoms with Crippen LogP contribution < -0.4 is 10.7 Å². The summed E-state index contributed by atoms with van der Waals surface area (Å²) >= 11 is 0. The van der Waals surface area contributed by atoms with E-state index in [0.717, 1.165) is 16.8 Å². The Morgan fingerprint density at radius 1 is 1.30 bits per heavy atom. The summed E-state index contributed by atoms with van der Waals surface area (Å²) in [7, 11) is 0. The molecule has 2 aromatic rings. The van der Waals surface area contributed by atoms with Gasteiger partial charge in [0.05, 0.1) is 12.8 Å². The average Bonchev–Trinajstić information content (AvgIpc) is 2.46. The lowest BCUT2D eigenvalue weighted by Gasteiger charge is -2.05. The molecule has 0 saturated heterocycles. The zero-order chi connectivity index (χ0) is 14.2. The first-order valence-corrected chi connectivity index (χ1v) is 6.26. The minimum absolute atomic E-state index is 0.178. The second-order valence-corrected chi connectivity index (χ2v) is 4.30. The molecule has 2 rings (SSSR count). The summed E-state index contributed by atoms with van der Waals surface area (Å²) in [6.07, 6.45) is 4.91. The van der Waals surface area contributed by atoms with E-state index in [1.165, 1.54) is 0 Å². The molecule has 0 aliphatic heterocycles. The second kappa shape index (κ2) is 7.04. The molecule has 1 amide bonds. The van der Waals surface area contributed by atoms with Crippen LogP contribution in [0.2, 0.25) is 0 Å². The van der Waals surface area contributed by atoms with E-state index in [1.54, 1.807) is 30.7 Å². The average molecular weight is 268 g/mol. The van der Waals surface area contributed by atoms with Gasteiger partial charge in [0.1, 0.15) is 0 Å². The quantitative estimate of drug-likeness (QED) is 0.643. The molecule has 1 aromatic heterocycles. The molecule has 20 heavy (non-hydrogen) atoms. The van der Waals surface area contributed by atoms with Crippen LogP contribution in [-0.2, 0) is 4.79 Å². The number of aromatic nitrogens is 1. The number of amides is 1. The first kappa shape index (κ1) is 13.7. The molecule has 0 bridgehead atoms. The van der Waals surface area contributed by atoms with E-state index >= 15 is 0 Å². The van der Waals surface area contributed by atoms with Crippen LogP contribution in [0.25, 0.3) is 0 Å². The van der Waals surface area contributed by atoms with E-state index in [4.69, 9.17) is 0 Å². The normalized spacial score (nSPS) is 10.4. The van der Waals surface area contributed by atoms with E-state index in [-0.39, 0.29) is 12.5 Å². The highest BCUT2D eigenvalue weighted by molar-refractivity contribution is 5.84. The van der Waals surface area contributed by atoms with Gasteiger partial charge in [-0.25, -0.2) is 5.43 Å². The molecule has 5 nitrogen and oxygen atoms in total. The molecule has 0 aliphatic carbocycles. The number of aryl methyl sites for hydroxylation is 1. The number of carbonyl (C=O) groups is 1. The zero-order valence-corrected chi connectivity index (χ0v) is 11.2. The predicted octanol–water partition coefficient (Wildman–Crippen LogP) is 1.95. The predicted molar refractivity (Wildman–Crippen MR) is 79.6 cm³/mol. The Labute approximate surface area is 117 Å². The van der Waals surface area contributed by atoms with Crippen LogP contribution in [0.3, 0.4) is 0 Å². The lowest BCUT2D eigenvalue weighted by atomic mass is 10.2. The smallest absolute Gasteiger partial charge is 0.259 e. The number of hydrazone groups is 1. The Morgan fingerprint density at radius 3 is 2.85 bits per heavy atom. The number of anilines is 1. The number of carbonyl (C=O) groups excluding carboxylic acids is 1. The fraction of sp³-hybridized carbons (Fsp3) is 0.133. The molecule has 0 spiro atoms. The van der Waals surface area contributed by atoms with Crippen molar-refractivity contribution in [2.75, 3.05) is 11.9 Å². The monoisotopic (exact) mass is 268 g/mol. The molecule has 0 fully saturated rings. The maximum atomic E-state index is 11.6. The van der Waals surface area contributed by atoms with Crippen LogP contribution in [-0.4, -0.2) is 23.7 Å². The first-order chi connectivity index (χ1) is 9.74. The molecule has 0 radical (unpaired) electrons. The highest BCUT2D eigenvalue weighted by Gasteiger charge is 1.99. The van der Waals surface area contributed by atoms with Crippen molar-refractivity contribution in [3.63, 3.8) is 0 Å². The molecular formula is C15H16N4O. The van der Waals surface area contributed by atoms with E-state index in [0.29, 0.717) is 0 Å². The van der Waals surface area contributed by atoms with Crippen molar-refractivity contribution >= 4 is 17.8 Å². The molecule has 0 saturated carbocycles. The van der Waals surface area contributed by atoms with Gasteiger partial charge in [0.25, 0.3) is 5.91 Å². The maximum absolute atomic E-state index is 11.6. The number of pyridine rings is 1. The molecule has 2 N–H and O–H groups in total. The Balaban J connectivity index is 1.77. The van der Waals surface area contributed by atoms with Gasteiger partial charge in [0.2, 0.25) is 0 Å². The van der Waals surface area contributed by atoms with Gasteiger partial charge in [-0.2, -0.15) is 5.10 Å². The minimum atomic E-state index is -0.197. The molecule has 0 aliphatic rings. The summed E-state index contributed by atoms with van der Waals surface area (Å²) in [5.74, 6) is -0.197. The summed E-state index contributed by atoms with van der Waals surface area (Å²) in [4.78, 5) is 15.5. The van der Waals surface area contributed by atoms with Gasteiger partial charge in [-0.05, 0) is 42.3 Å². The Kier molecular flexibility index (Phi) is 4.83. The van der Waals surface area contributed by atoms with E-state index in [2.05, 4.69) is 20.8 Å². The maximum Gasteiger partial charge on any atom is 0.259 e. The molecule has 1 heterocycles. The summed E-state index contributed by atoms with van der Waals surface area (Å²) in [5, 5.41) is 6.92. The van der Waals surface area contributed by atoms with E-state index in [1.807, 2.05) is 31.2 Å².